The molecule has 30 heavy (non-hydrogen) atoms. The molecule has 0 radical (unpaired) electrons. The Kier molecular flexibility index (Phi) is 6.80. The maximum atomic E-state index is 13.5. The monoisotopic (exact) mass is 441 g/mol. The minimum Gasteiger partial charge on any atom is -0.480 e. The van der Waals surface area contributed by atoms with Crippen molar-refractivity contribution >= 4 is 35.1 Å². The molecule has 0 spiro atoms. The van der Waals surface area contributed by atoms with Gasteiger partial charge in [-0.05, 0) is 35.7 Å². The standard InChI is InChI=1S/C24H21Cl2NO3/c1-24(17-8-4-2-5-9-17,18-10-6-3-7-11-18)23(30)27-21(22(28)29)14-16-12-13-19(25)15-20(16)26/h2-13,15,21H,14H2,1H3,(H,27,30)(H,28,29)/t21-/m0/s1. The first-order valence-corrected chi connectivity index (χ1v) is 10.2. The first-order valence-electron chi connectivity index (χ1n) is 9.41. The second-order valence-electron chi connectivity index (χ2n) is 7.16. The highest BCUT2D eigenvalue weighted by atomic mass is 35.5. The molecule has 0 aliphatic rings. The molecule has 2 N–H and O–H groups in total. The molecule has 0 bridgehead atoms. The number of halogens is 2. The zero-order chi connectivity index (χ0) is 21.7. The minimum absolute atomic E-state index is 0.0384. The van der Waals surface area contributed by atoms with Crippen LogP contribution in [0.5, 0.6) is 0 Å². The highest BCUT2D eigenvalue weighted by Crippen LogP contribution is 2.32. The largest absolute Gasteiger partial charge is 0.480 e. The molecule has 3 rings (SSSR count). The lowest BCUT2D eigenvalue weighted by molar-refractivity contribution is -0.142. The van der Waals surface area contributed by atoms with E-state index in [-0.39, 0.29) is 6.42 Å². The van der Waals surface area contributed by atoms with Crippen molar-refractivity contribution in [2.75, 3.05) is 0 Å². The molecular weight excluding hydrogens is 421 g/mol. The van der Waals surface area contributed by atoms with Crippen LogP contribution in [-0.4, -0.2) is 23.0 Å². The number of aliphatic carboxylic acids is 1. The molecule has 0 saturated heterocycles. The Hall–Kier alpha value is -2.82. The fourth-order valence-corrected chi connectivity index (χ4v) is 3.87. The summed E-state index contributed by atoms with van der Waals surface area (Å²) in [4.78, 5) is 25.4. The summed E-state index contributed by atoms with van der Waals surface area (Å²) in [5.41, 5.74) is 1.06. The van der Waals surface area contributed by atoms with Crippen LogP contribution in [0.25, 0.3) is 0 Å². The average Bonchev–Trinajstić information content (AvgIpc) is 2.75. The Morgan fingerprint density at radius 1 is 0.933 bits per heavy atom. The van der Waals surface area contributed by atoms with E-state index in [1.807, 2.05) is 60.7 Å². The van der Waals surface area contributed by atoms with Crippen molar-refractivity contribution in [3.8, 4) is 0 Å². The van der Waals surface area contributed by atoms with Crippen LogP contribution in [0.15, 0.2) is 78.9 Å². The molecule has 3 aromatic rings. The van der Waals surface area contributed by atoms with Gasteiger partial charge in [0.2, 0.25) is 5.91 Å². The lowest BCUT2D eigenvalue weighted by atomic mass is 9.75. The molecule has 0 aliphatic carbocycles. The second-order valence-corrected chi connectivity index (χ2v) is 8.00. The Morgan fingerprint density at radius 2 is 1.47 bits per heavy atom. The van der Waals surface area contributed by atoms with Crippen LogP contribution in [0.1, 0.15) is 23.6 Å². The van der Waals surface area contributed by atoms with Gasteiger partial charge in [0.05, 0.1) is 5.41 Å². The molecule has 154 valence electrons. The van der Waals surface area contributed by atoms with Crippen molar-refractivity contribution < 1.29 is 14.7 Å². The summed E-state index contributed by atoms with van der Waals surface area (Å²) in [5, 5.41) is 13.3. The number of hydrogen-bond donors (Lipinski definition) is 2. The Bertz CT molecular complexity index is 999. The lowest BCUT2D eigenvalue weighted by Gasteiger charge is -2.31. The fourth-order valence-electron chi connectivity index (χ4n) is 3.38. The molecule has 0 heterocycles. The van der Waals surface area contributed by atoms with Crippen molar-refractivity contribution in [3.05, 3.63) is 106 Å². The van der Waals surface area contributed by atoms with Crippen LogP contribution in [0.2, 0.25) is 10.0 Å². The van der Waals surface area contributed by atoms with Crippen molar-refractivity contribution in [1.82, 2.24) is 5.32 Å². The minimum atomic E-state index is -1.15. The van der Waals surface area contributed by atoms with Crippen LogP contribution >= 0.6 is 23.2 Å². The van der Waals surface area contributed by atoms with Crippen LogP contribution in [-0.2, 0) is 21.4 Å². The summed E-state index contributed by atoms with van der Waals surface area (Å²) in [5.74, 6) is -1.55. The first kappa shape index (κ1) is 21.9. The van der Waals surface area contributed by atoms with Gasteiger partial charge in [0, 0.05) is 16.5 Å². The third kappa shape index (κ3) is 4.66. The van der Waals surface area contributed by atoms with Gasteiger partial charge in [0.15, 0.2) is 0 Å². The fraction of sp³-hybridized carbons (Fsp3) is 0.167. The molecule has 0 aromatic heterocycles. The third-order valence-corrected chi connectivity index (χ3v) is 5.79. The van der Waals surface area contributed by atoms with Crippen molar-refractivity contribution in [3.63, 3.8) is 0 Å². The van der Waals surface area contributed by atoms with Gasteiger partial charge in [0.25, 0.3) is 0 Å². The van der Waals surface area contributed by atoms with E-state index in [1.165, 1.54) is 0 Å². The summed E-state index contributed by atoms with van der Waals surface area (Å²) < 4.78 is 0. The van der Waals surface area contributed by atoms with Crippen molar-refractivity contribution in [2.24, 2.45) is 0 Å². The molecule has 0 aliphatic heterocycles. The molecule has 6 heteroatoms. The Labute approximate surface area is 185 Å². The van der Waals surface area contributed by atoms with E-state index >= 15 is 0 Å². The number of nitrogens with one attached hydrogen (secondary N) is 1. The summed E-state index contributed by atoms with van der Waals surface area (Å²) in [6.45, 7) is 1.79. The molecular formula is C24H21Cl2NO3. The van der Waals surface area contributed by atoms with Gasteiger partial charge < -0.3 is 10.4 Å². The van der Waals surface area contributed by atoms with E-state index in [4.69, 9.17) is 23.2 Å². The van der Waals surface area contributed by atoms with Gasteiger partial charge in [-0.2, -0.15) is 0 Å². The van der Waals surface area contributed by atoms with E-state index in [2.05, 4.69) is 5.32 Å². The van der Waals surface area contributed by atoms with Gasteiger partial charge in [0.1, 0.15) is 6.04 Å². The molecule has 3 aromatic carbocycles. The zero-order valence-electron chi connectivity index (χ0n) is 16.3. The van der Waals surface area contributed by atoms with Gasteiger partial charge in [-0.3, -0.25) is 4.79 Å². The number of carbonyl (C=O) groups excluding carboxylic acids is 1. The normalized spacial score (nSPS) is 12.2. The van der Waals surface area contributed by atoms with Gasteiger partial charge in [-0.1, -0.05) is 89.9 Å². The quantitative estimate of drug-likeness (QED) is 0.535. The summed E-state index contributed by atoms with van der Waals surface area (Å²) in [6, 6.07) is 22.3. The SMILES string of the molecule is CC(C(=O)N[C@@H](Cc1ccc(Cl)cc1Cl)C(=O)O)(c1ccccc1)c1ccccc1. The number of amides is 1. The van der Waals surface area contributed by atoms with E-state index in [0.29, 0.717) is 15.6 Å². The second kappa shape index (κ2) is 9.33. The predicted molar refractivity (Wildman–Crippen MR) is 119 cm³/mol. The predicted octanol–water partition coefficient (Wildman–Crippen LogP) is 5.11. The van der Waals surface area contributed by atoms with E-state index < -0.39 is 23.3 Å². The lowest BCUT2D eigenvalue weighted by Crippen LogP contribution is -2.50. The topological polar surface area (TPSA) is 66.4 Å². The molecule has 4 nitrogen and oxygen atoms in total. The summed E-state index contributed by atoms with van der Waals surface area (Å²) >= 11 is 12.1. The average molecular weight is 442 g/mol. The highest BCUT2D eigenvalue weighted by molar-refractivity contribution is 6.35. The van der Waals surface area contributed by atoms with Crippen LogP contribution in [0, 0.1) is 0 Å². The number of hydrogen-bond acceptors (Lipinski definition) is 2. The maximum Gasteiger partial charge on any atom is 0.326 e. The molecule has 1 atom stereocenters. The van der Waals surface area contributed by atoms with Crippen molar-refractivity contribution in [2.45, 2.75) is 24.8 Å². The zero-order valence-corrected chi connectivity index (χ0v) is 17.8. The molecule has 0 saturated carbocycles. The van der Waals surface area contributed by atoms with E-state index in [1.54, 1.807) is 25.1 Å². The highest BCUT2D eigenvalue weighted by Gasteiger charge is 2.39. The molecule has 0 fully saturated rings. The number of carboxylic acids is 1. The number of benzene rings is 3. The summed E-state index contributed by atoms with van der Waals surface area (Å²) in [6.07, 6.45) is 0.0384. The Balaban J connectivity index is 1.94. The summed E-state index contributed by atoms with van der Waals surface area (Å²) in [7, 11) is 0. The molecule has 0 unspecified atom stereocenters. The van der Waals surface area contributed by atoms with Crippen molar-refractivity contribution in [1.29, 1.82) is 0 Å². The third-order valence-electron chi connectivity index (χ3n) is 5.20. The molecule has 1 amide bonds. The van der Waals surface area contributed by atoms with Crippen LogP contribution in [0.3, 0.4) is 0 Å². The van der Waals surface area contributed by atoms with Gasteiger partial charge >= 0.3 is 5.97 Å². The number of carboxylic acid groups (broad SMARTS) is 1. The van der Waals surface area contributed by atoms with E-state index in [9.17, 15) is 14.7 Å². The van der Waals surface area contributed by atoms with Gasteiger partial charge in [-0.15, -0.1) is 0 Å². The van der Waals surface area contributed by atoms with Gasteiger partial charge in [-0.25, -0.2) is 4.79 Å². The smallest absolute Gasteiger partial charge is 0.326 e. The number of carbonyl (C=O) groups is 2. The van der Waals surface area contributed by atoms with E-state index in [0.717, 1.165) is 11.1 Å². The maximum absolute atomic E-state index is 13.5. The van der Waals surface area contributed by atoms with Crippen LogP contribution in [0.4, 0.5) is 0 Å². The Morgan fingerprint density at radius 3 is 1.93 bits per heavy atom. The first-order chi connectivity index (χ1) is 14.3. The number of rotatable bonds is 7. The van der Waals surface area contributed by atoms with Crippen LogP contribution < -0.4 is 5.32 Å².